The summed E-state index contributed by atoms with van der Waals surface area (Å²) in [5.41, 5.74) is 0.216. The maximum absolute atomic E-state index is 4.39. The molecular formula is C14H28N4. The van der Waals surface area contributed by atoms with Crippen LogP contribution in [0.5, 0.6) is 0 Å². The van der Waals surface area contributed by atoms with E-state index in [-0.39, 0.29) is 5.41 Å². The second-order valence-corrected chi connectivity index (χ2v) is 6.27. The smallest absolute Gasteiger partial charge is 0.138 e. The van der Waals surface area contributed by atoms with E-state index in [1.165, 1.54) is 0 Å². The number of nitrogens with zero attached hydrogens (tertiary/aromatic N) is 3. The van der Waals surface area contributed by atoms with E-state index < -0.39 is 0 Å². The van der Waals surface area contributed by atoms with Crippen molar-refractivity contribution in [3.63, 3.8) is 0 Å². The fourth-order valence-electron chi connectivity index (χ4n) is 2.01. The third-order valence-electron chi connectivity index (χ3n) is 2.92. The van der Waals surface area contributed by atoms with Crippen molar-refractivity contribution in [2.75, 3.05) is 13.1 Å². The van der Waals surface area contributed by atoms with Gasteiger partial charge in [-0.05, 0) is 24.3 Å². The van der Waals surface area contributed by atoms with Gasteiger partial charge in [-0.1, -0.05) is 34.6 Å². The average molecular weight is 252 g/mol. The van der Waals surface area contributed by atoms with E-state index in [2.05, 4.69) is 50.0 Å². The molecule has 1 aromatic rings. The van der Waals surface area contributed by atoms with Crippen LogP contribution in [-0.2, 0) is 13.0 Å². The summed E-state index contributed by atoms with van der Waals surface area (Å²) in [5.74, 6) is 1.80. The third kappa shape index (κ3) is 5.17. The van der Waals surface area contributed by atoms with Crippen LogP contribution in [0.2, 0.25) is 0 Å². The van der Waals surface area contributed by atoms with Crippen LogP contribution < -0.4 is 5.32 Å². The van der Waals surface area contributed by atoms with Crippen molar-refractivity contribution in [3.05, 3.63) is 12.2 Å². The van der Waals surface area contributed by atoms with Crippen LogP contribution in [-0.4, -0.2) is 27.9 Å². The Hall–Kier alpha value is -0.900. The van der Waals surface area contributed by atoms with Crippen LogP contribution in [0, 0.1) is 11.3 Å². The molecule has 4 nitrogen and oxygen atoms in total. The molecule has 1 aromatic heterocycles. The van der Waals surface area contributed by atoms with Crippen molar-refractivity contribution in [2.45, 2.75) is 54.0 Å². The Balaban J connectivity index is 2.50. The van der Waals surface area contributed by atoms with Crippen molar-refractivity contribution in [3.8, 4) is 0 Å². The van der Waals surface area contributed by atoms with Crippen molar-refractivity contribution in [1.29, 1.82) is 0 Å². The molecule has 0 aromatic carbocycles. The van der Waals surface area contributed by atoms with E-state index in [9.17, 15) is 0 Å². The molecule has 0 bridgehead atoms. The molecule has 104 valence electrons. The summed E-state index contributed by atoms with van der Waals surface area (Å²) >= 11 is 0. The molecule has 0 radical (unpaired) electrons. The van der Waals surface area contributed by atoms with Crippen molar-refractivity contribution in [2.24, 2.45) is 11.3 Å². The van der Waals surface area contributed by atoms with Gasteiger partial charge in [0.1, 0.15) is 12.2 Å². The standard InChI is InChI=1S/C14H28N4/c1-6-7-18-13(16-11-17-18)8-14(4,5)10-15-9-12(2)3/h11-12,15H,6-10H2,1-5H3. The fraction of sp³-hybridized carbons (Fsp3) is 0.857. The van der Waals surface area contributed by atoms with E-state index in [0.29, 0.717) is 5.92 Å². The van der Waals surface area contributed by atoms with Gasteiger partial charge in [-0.25, -0.2) is 4.98 Å². The first-order valence-electron chi connectivity index (χ1n) is 7.02. The molecule has 1 N–H and O–H groups in total. The second-order valence-electron chi connectivity index (χ2n) is 6.27. The predicted molar refractivity (Wildman–Crippen MR) is 75.5 cm³/mol. The molecule has 0 fully saturated rings. The molecule has 0 aliphatic rings. The Bertz CT molecular complexity index is 341. The summed E-state index contributed by atoms with van der Waals surface area (Å²) in [6, 6.07) is 0. The zero-order valence-corrected chi connectivity index (χ0v) is 12.5. The number of hydrogen-bond acceptors (Lipinski definition) is 3. The summed E-state index contributed by atoms with van der Waals surface area (Å²) in [6.45, 7) is 14.3. The Morgan fingerprint density at radius 3 is 2.72 bits per heavy atom. The van der Waals surface area contributed by atoms with Gasteiger partial charge in [0.2, 0.25) is 0 Å². The minimum atomic E-state index is 0.216. The van der Waals surface area contributed by atoms with Crippen LogP contribution in [0.25, 0.3) is 0 Å². The van der Waals surface area contributed by atoms with Crippen LogP contribution in [0.15, 0.2) is 6.33 Å². The summed E-state index contributed by atoms with van der Waals surface area (Å²) in [6.07, 6.45) is 3.74. The lowest BCUT2D eigenvalue weighted by molar-refractivity contribution is 0.317. The van der Waals surface area contributed by atoms with Crippen LogP contribution in [0.1, 0.15) is 46.9 Å². The lowest BCUT2D eigenvalue weighted by Crippen LogP contribution is -2.34. The molecule has 0 spiro atoms. The van der Waals surface area contributed by atoms with Gasteiger partial charge in [0.15, 0.2) is 0 Å². The highest BCUT2D eigenvalue weighted by atomic mass is 15.3. The highest BCUT2D eigenvalue weighted by molar-refractivity contribution is 4.91. The van der Waals surface area contributed by atoms with Gasteiger partial charge in [0.05, 0.1) is 0 Å². The molecule has 1 rings (SSSR count). The van der Waals surface area contributed by atoms with E-state index >= 15 is 0 Å². The fourth-order valence-corrected chi connectivity index (χ4v) is 2.01. The zero-order valence-electron chi connectivity index (χ0n) is 12.5. The van der Waals surface area contributed by atoms with Gasteiger partial charge in [-0.3, -0.25) is 4.68 Å². The van der Waals surface area contributed by atoms with Crippen molar-refractivity contribution < 1.29 is 0 Å². The largest absolute Gasteiger partial charge is 0.316 e. The topological polar surface area (TPSA) is 42.7 Å². The van der Waals surface area contributed by atoms with E-state index in [0.717, 1.165) is 38.3 Å². The first kappa shape index (κ1) is 15.2. The summed E-state index contributed by atoms with van der Waals surface area (Å²) < 4.78 is 2.03. The van der Waals surface area contributed by atoms with Gasteiger partial charge in [-0.15, -0.1) is 0 Å². The first-order valence-corrected chi connectivity index (χ1v) is 7.02. The van der Waals surface area contributed by atoms with Gasteiger partial charge in [0.25, 0.3) is 0 Å². The molecule has 1 heterocycles. The van der Waals surface area contributed by atoms with Gasteiger partial charge < -0.3 is 5.32 Å². The minimum absolute atomic E-state index is 0.216. The lowest BCUT2D eigenvalue weighted by Gasteiger charge is -2.25. The van der Waals surface area contributed by atoms with E-state index in [4.69, 9.17) is 0 Å². The third-order valence-corrected chi connectivity index (χ3v) is 2.92. The number of nitrogens with one attached hydrogen (secondary N) is 1. The predicted octanol–water partition coefficient (Wildman–Crippen LogP) is 2.50. The molecule has 0 atom stereocenters. The summed E-state index contributed by atoms with van der Waals surface area (Å²) in [4.78, 5) is 4.39. The maximum Gasteiger partial charge on any atom is 0.138 e. The van der Waals surface area contributed by atoms with Gasteiger partial charge in [-0.2, -0.15) is 5.10 Å². The maximum atomic E-state index is 4.39. The molecule has 0 saturated heterocycles. The highest BCUT2D eigenvalue weighted by Gasteiger charge is 2.21. The Morgan fingerprint density at radius 2 is 2.11 bits per heavy atom. The van der Waals surface area contributed by atoms with Crippen LogP contribution in [0.3, 0.4) is 0 Å². The second kappa shape index (κ2) is 6.88. The molecule has 18 heavy (non-hydrogen) atoms. The van der Waals surface area contributed by atoms with E-state index in [1.807, 2.05) is 4.68 Å². The SMILES string of the molecule is CCCn1ncnc1CC(C)(C)CNCC(C)C. The zero-order chi connectivity index (χ0) is 13.6. The average Bonchev–Trinajstić information content (AvgIpc) is 2.64. The number of aryl methyl sites for hydroxylation is 1. The lowest BCUT2D eigenvalue weighted by atomic mass is 9.88. The molecule has 0 amide bonds. The number of hydrogen-bond donors (Lipinski definition) is 1. The Morgan fingerprint density at radius 1 is 1.39 bits per heavy atom. The van der Waals surface area contributed by atoms with E-state index in [1.54, 1.807) is 6.33 Å². The molecular weight excluding hydrogens is 224 g/mol. The minimum Gasteiger partial charge on any atom is -0.316 e. The molecule has 4 heteroatoms. The van der Waals surface area contributed by atoms with Crippen LogP contribution in [0.4, 0.5) is 0 Å². The summed E-state index contributed by atoms with van der Waals surface area (Å²) in [5, 5.41) is 7.82. The van der Waals surface area contributed by atoms with Gasteiger partial charge in [0, 0.05) is 19.5 Å². The molecule has 0 saturated carbocycles. The van der Waals surface area contributed by atoms with Gasteiger partial charge >= 0.3 is 0 Å². The quantitative estimate of drug-likeness (QED) is 0.773. The Labute approximate surface area is 111 Å². The normalized spacial score (nSPS) is 12.3. The Kier molecular flexibility index (Phi) is 5.79. The molecule has 0 aliphatic heterocycles. The summed E-state index contributed by atoms with van der Waals surface area (Å²) in [7, 11) is 0. The molecule has 0 unspecified atom stereocenters. The monoisotopic (exact) mass is 252 g/mol. The number of rotatable bonds is 8. The highest BCUT2D eigenvalue weighted by Crippen LogP contribution is 2.19. The van der Waals surface area contributed by atoms with Crippen LogP contribution >= 0.6 is 0 Å². The molecule has 0 aliphatic carbocycles. The van der Waals surface area contributed by atoms with Crippen molar-refractivity contribution >= 4 is 0 Å². The number of aromatic nitrogens is 3. The van der Waals surface area contributed by atoms with Crippen molar-refractivity contribution in [1.82, 2.24) is 20.1 Å². The first-order chi connectivity index (χ1) is 8.44.